The fraction of sp³-hybridized carbons (Fsp3) is 0.286. The van der Waals surface area contributed by atoms with Gasteiger partial charge in [0.05, 0.1) is 5.52 Å². The highest BCUT2D eigenvalue weighted by Gasteiger charge is 2.26. The quantitative estimate of drug-likeness (QED) is 0.376. The van der Waals surface area contributed by atoms with E-state index < -0.39 is 0 Å². The van der Waals surface area contributed by atoms with Crippen LogP contribution in [0.1, 0.15) is 18.1 Å². The van der Waals surface area contributed by atoms with Crippen LogP contribution in [0.4, 0.5) is 11.5 Å². The number of carbonyl (C=O) groups excluding carboxylic acids is 1. The van der Waals surface area contributed by atoms with Gasteiger partial charge in [-0.25, -0.2) is 9.97 Å². The number of pyridine rings is 1. The molecule has 2 aromatic heterocycles. The number of rotatable bonds is 7. The standard InChI is InChI=1S/C28H28N6O3/c1-18(35)30-9-8-29-15-19-13-23-27(31-16-19)28(33-17-32-23)34-10-7-22-21(3-2-4-24(22)34)20-5-6-25-26(14-20)37-12-11-36-25/h2-6,13-14,16-17,29H,7-12,15H2,1H3,(H,30,35). The highest BCUT2D eigenvalue weighted by atomic mass is 16.6. The van der Waals surface area contributed by atoms with Gasteiger partial charge in [0.1, 0.15) is 25.1 Å². The summed E-state index contributed by atoms with van der Waals surface area (Å²) in [6.07, 6.45) is 4.38. The number of ether oxygens (including phenoxy) is 2. The van der Waals surface area contributed by atoms with Crippen molar-refractivity contribution in [3.63, 3.8) is 0 Å². The topological polar surface area (TPSA) is 102 Å². The predicted molar refractivity (Wildman–Crippen MR) is 141 cm³/mol. The number of carbonyl (C=O) groups is 1. The molecule has 0 fully saturated rings. The molecule has 0 spiro atoms. The Morgan fingerprint density at radius 2 is 1.92 bits per heavy atom. The average molecular weight is 497 g/mol. The number of fused-ring (bicyclic) bond motifs is 3. The van der Waals surface area contributed by atoms with Gasteiger partial charge in [0, 0.05) is 45.0 Å². The van der Waals surface area contributed by atoms with Crippen LogP contribution in [0.25, 0.3) is 22.2 Å². The largest absolute Gasteiger partial charge is 0.486 e. The van der Waals surface area contributed by atoms with Gasteiger partial charge in [-0.1, -0.05) is 18.2 Å². The molecule has 0 saturated carbocycles. The molecule has 0 bridgehead atoms. The van der Waals surface area contributed by atoms with E-state index in [9.17, 15) is 4.79 Å². The molecule has 0 radical (unpaired) electrons. The summed E-state index contributed by atoms with van der Waals surface area (Å²) in [5.74, 6) is 2.38. The average Bonchev–Trinajstić information content (AvgIpc) is 3.36. The first-order chi connectivity index (χ1) is 18.2. The molecule has 0 unspecified atom stereocenters. The van der Waals surface area contributed by atoms with Gasteiger partial charge < -0.3 is 25.0 Å². The molecule has 37 heavy (non-hydrogen) atoms. The van der Waals surface area contributed by atoms with Crippen LogP contribution in [0.2, 0.25) is 0 Å². The lowest BCUT2D eigenvalue weighted by Gasteiger charge is -2.21. The molecule has 4 aromatic rings. The van der Waals surface area contributed by atoms with Gasteiger partial charge >= 0.3 is 0 Å². The summed E-state index contributed by atoms with van der Waals surface area (Å²) in [5, 5.41) is 6.10. The lowest BCUT2D eigenvalue weighted by molar-refractivity contribution is -0.118. The van der Waals surface area contributed by atoms with E-state index in [1.807, 2.05) is 18.3 Å². The Morgan fingerprint density at radius 1 is 1.03 bits per heavy atom. The molecule has 188 valence electrons. The number of hydrogen-bond donors (Lipinski definition) is 2. The second-order valence-electron chi connectivity index (χ2n) is 9.13. The number of nitrogens with zero attached hydrogens (tertiary/aromatic N) is 4. The van der Waals surface area contributed by atoms with E-state index in [0.717, 1.165) is 58.1 Å². The molecule has 2 aliphatic rings. The smallest absolute Gasteiger partial charge is 0.216 e. The molecule has 2 aromatic carbocycles. The van der Waals surface area contributed by atoms with Crippen LogP contribution in [0.15, 0.2) is 55.0 Å². The highest BCUT2D eigenvalue weighted by molar-refractivity contribution is 5.90. The summed E-state index contributed by atoms with van der Waals surface area (Å²) in [5.41, 5.74) is 7.34. The zero-order chi connectivity index (χ0) is 25.2. The van der Waals surface area contributed by atoms with Gasteiger partial charge in [-0.05, 0) is 52.9 Å². The van der Waals surface area contributed by atoms with E-state index in [1.165, 1.54) is 18.1 Å². The molecule has 0 aliphatic carbocycles. The van der Waals surface area contributed by atoms with Crippen molar-refractivity contribution in [1.82, 2.24) is 25.6 Å². The third-order valence-electron chi connectivity index (χ3n) is 6.65. The number of anilines is 2. The number of aromatic nitrogens is 3. The van der Waals surface area contributed by atoms with E-state index >= 15 is 0 Å². The molecule has 6 rings (SSSR count). The van der Waals surface area contributed by atoms with Crippen molar-refractivity contribution < 1.29 is 14.3 Å². The lowest BCUT2D eigenvalue weighted by Crippen LogP contribution is -2.29. The summed E-state index contributed by atoms with van der Waals surface area (Å²) >= 11 is 0. The minimum absolute atomic E-state index is 0.0275. The SMILES string of the molecule is CC(=O)NCCNCc1cnc2c(N3CCc4c(-c5ccc6c(c5)OCCO6)cccc43)ncnc2c1. The van der Waals surface area contributed by atoms with Crippen molar-refractivity contribution in [2.24, 2.45) is 0 Å². The Morgan fingerprint density at radius 3 is 2.81 bits per heavy atom. The van der Waals surface area contributed by atoms with Crippen molar-refractivity contribution >= 4 is 28.4 Å². The zero-order valence-corrected chi connectivity index (χ0v) is 20.7. The summed E-state index contributed by atoms with van der Waals surface area (Å²) in [7, 11) is 0. The fourth-order valence-electron chi connectivity index (χ4n) is 4.96. The van der Waals surface area contributed by atoms with Crippen LogP contribution >= 0.6 is 0 Å². The van der Waals surface area contributed by atoms with Crippen molar-refractivity contribution in [3.8, 4) is 22.6 Å². The predicted octanol–water partition coefficient (Wildman–Crippen LogP) is 3.38. The number of hydrogen-bond acceptors (Lipinski definition) is 8. The molecule has 1 amide bonds. The minimum Gasteiger partial charge on any atom is -0.486 e. The molecule has 0 atom stereocenters. The van der Waals surface area contributed by atoms with Crippen LogP contribution in [-0.2, 0) is 17.8 Å². The molecule has 9 nitrogen and oxygen atoms in total. The second kappa shape index (κ2) is 10.0. The third-order valence-corrected chi connectivity index (χ3v) is 6.65. The molecule has 0 saturated heterocycles. The van der Waals surface area contributed by atoms with E-state index in [2.05, 4.69) is 55.8 Å². The summed E-state index contributed by atoms with van der Waals surface area (Å²) in [4.78, 5) is 27.1. The Hall–Kier alpha value is -4.24. The van der Waals surface area contributed by atoms with Gasteiger partial charge in [-0.3, -0.25) is 9.78 Å². The van der Waals surface area contributed by atoms with Gasteiger partial charge in [0.15, 0.2) is 17.3 Å². The second-order valence-corrected chi connectivity index (χ2v) is 9.13. The number of amides is 1. The van der Waals surface area contributed by atoms with E-state index in [4.69, 9.17) is 14.5 Å². The van der Waals surface area contributed by atoms with E-state index in [1.54, 1.807) is 6.33 Å². The monoisotopic (exact) mass is 496 g/mol. The maximum absolute atomic E-state index is 11.0. The lowest BCUT2D eigenvalue weighted by atomic mass is 9.97. The molecular formula is C28H28N6O3. The van der Waals surface area contributed by atoms with Gasteiger partial charge in [-0.2, -0.15) is 0 Å². The zero-order valence-electron chi connectivity index (χ0n) is 20.7. The van der Waals surface area contributed by atoms with Crippen LogP contribution in [0, 0.1) is 0 Å². The third kappa shape index (κ3) is 4.65. The van der Waals surface area contributed by atoms with Crippen molar-refractivity contribution in [2.75, 3.05) is 37.7 Å². The first kappa shape index (κ1) is 23.2. The molecule has 2 aliphatic heterocycles. The molecular weight excluding hydrogens is 468 g/mol. The highest BCUT2D eigenvalue weighted by Crippen LogP contribution is 2.42. The Bertz CT molecular complexity index is 1470. The Kier molecular flexibility index (Phi) is 6.28. The van der Waals surface area contributed by atoms with Crippen LogP contribution in [0.5, 0.6) is 11.5 Å². The van der Waals surface area contributed by atoms with E-state index in [-0.39, 0.29) is 5.91 Å². The summed E-state index contributed by atoms with van der Waals surface area (Å²) < 4.78 is 11.5. The van der Waals surface area contributed by atoms with Crippen LogP contribution < -0.4 is 25.0 Å². The number of nitrogens with one attached hydrogen (secondary N) is 2. The first-order valence-corrected chi connectivity index (χ1v) is 12.5. The maximum Gasteiger partial charge on any atom is 0.216 e. The van der Waals surface area contributed by atoms with Crippen molar-refractivity contribution in [1.29, 1.82) is 0 Å². The molecule has 2 N–H and O–H groups in total. The summed E-state index contributed by atoms with van der Waals surface area (Å²) in [6.45, 7) is 5.40. The van der Waals surface area contributed by atoms with Crippen LogP contribution in [-0.4, -0.2) is 53.7 Å². The number of benzene rings is 2. The molecule has 9 heteroatoms. The van der Waals surface area contributed by atoms with Crippen molar-refractivity contribution in [3.05, 3.63) is 66.1 Å². The normalized spacial score (nSPS) is 14.0. The minimum atomic E-state index is -0.0275. The van der Waals surface area contributed by atoms with Gasteiger partial charge in [0.2, 0.25) is 5.91 Å². The van der Waals surface area contributed by atoms with Crippen molar-refractivity contribution in [2.45, 2.75) is 19.9 Å². The van der Waals surface area contributed by atoms with Gasteiger partial charge in [-0.15, -0.1) is 0 Å². The van der Waals surface area contributed by atoms with Crippen LogP contribution in [0.3, 0.4) is 0 Å². The summed E-state index contributed by atoms with van der Waals surface area (Å²) in [6, 6.07) is 14.6. The Balaban J connectivity index is 1.26. The Labute approximate surface area is 214 Å². The maximum atomic E-state index is 11.0. The van der Waals surface area contributed by atoms with Gasteiger partial charge in [0.25, 0.3) is 0 Å². The first-order valence-electron chi connectivity index (χ1n) is 12.5. The van der Waals surface area contributed by atoms with E-state index in [0.29, 0.717) is 32.8 Å². The fourth-order valence-corrected chi connectivity index (χ4v) is 4.96. The molecule has 4 heterocycles.